The standard InChI is InChI=1S/C18H17ClN2O4S3/c1-12-6-8-16(21-28(24,25)18-9-7-13(2)26-18)11-17(12)27(22,23)20-15-5-3-4-14(19)10-15/h3-11,20-21H,1-2H3. The van der Waals surface area contributed by atoms with E-state index < -0.39 is 20.0 Å². The lowest BCUT2D eigenvalue weighted by Gasteiger charge is -2.13. The molecule has 148 valence electrons. The first-order chi connectivity index (χ1) is 13.1. The highest BCUT2D eigenvalue weighted by Crippen LogP contribution is 2.27. The maximum Gasteiger partial charge on any atom is 0.271 e. The number of rotatable bonds is 6. The van der Waals surface area contributed by atoms with Crippen molar-refractivity contribution < 1.29 is 16.8 Å². The van der Waals surface area contributed by atoms with E-state index in [0.717, 1.165) is 16.2 Å². The number of aryl methyl sites for hydroxylation is 2. The van der Waals surface area contributed by atoms with Crippen LogP contribution in [0.4, 0.5) is 11.4 Å². The monoisotopic (exact) mass is 456 g/mol. The summed E-state index contributed by atoms with van der Waals surface area (Å²) in [6.07, 6.45) is 0. The molecule has 0 fully saturated rings. The number of hydrogen-bond donors (Lipinski definition) is 2. The van der Waals surface area contributed by atoms with Crippen LogP contribution in [-0.4, -0.2) is 16.8 Å². The Balaban J connectivity index is 1.93. The molecule has 10 heteroatoms. The van der Waals surface area contributed by atoms with Crippen LogP contribution in [0, 0.1) is 13.8 Å². The third-order valence-corrected chi connectivity index (χ3v) is 8.42. The van der Waals surface area contributed by atoms with Gasteiger partial charge in [-0.15, -0.1) is 11.3 Å². The van der Waals surface area contributed by atoms with Gasteiger partial charge in [-0.25, -0.2) is 16.8 Å². The lowest BCUT2D eigenvalue weighted by molar-refractivity contribution is 0.599. The van der Waals surface area contributed by atoms with E-state index in [1.54, 1.807) is 37.3 Å². The molecule has 28 heavy (non-hydrogen) atoms. The van der Waals surface area contributed by atoms with Crippen LogP contribution in [-0.2, 0) is 20.0 Å². The fourth-order valence-electron chi connectivity index (χ4n) is 2.48. The summed E-state index contributed by atoms with van der Waals surface area (Å²) in [6.45, 7) is 3.44. The minimum Gasteiger partial charge on any atom is -0.280 e. The van der Waals surface area contributed by atoms with Crippen molar-refractivity contribution in [2.75, 3.05) is 9.44 Å². The third kappa shape index (κ3) is 4.67. The number of anilines is 2. The van der Waals surface area contributed by atoms with Gasteiger partial charge in [0.1, 0.15) is 4.21 Å². The van der Waals surface area contributed by atoms with Crippen molar-refractivity contribution in [2.45, 2.75) is 23.0 Å². The second-order valence-corrected chi connectivity index (χ2v) is 11.4. The predicted octanol–water partition coefficient (Wildman–Crippen LogP) is 4.62. The fourth-order valence-corrected chi connectivity index (χ4v) is 6.32. The summed E-state index contributed by atoms with van der Waals surface area (Å²) in [5.74, 6) is 0. The topological polar surface area (TPSA) is 92.3 Å². The molecule has 0 aliphatic rings. The Bertz CT molecular complexity index is 1240. The van der Waals surface area contributed by atoms with Crippen molar-refractivity contribution in [3.63, 3.8) is 0 Å². The zero-order valence-electron chi connectivity index (χ0n) is 14.9. The van der Waals surface area contributed by atoms with Crippen molar-refractivity contribution in [1.82, 2.24) is 0 Å². The molecule has 6 nitrogen and oxygen atoms in total. The van der Waals surface area contributed by atoms with Gasteiger partial charge in [0.15, 0.2) is 0 Å². The SMILES string of the molecule is Cc1ccc(S(=O)(=O)Nc2ccc(C)c(S(=O)(=O)Nc3cccc(Cl)c3)c2)s1. The van der Waals surface area contributed by atoms with Crippen molar-refractivity contribution in [2.24, 2.45) is 0 Å². The van der Waals surface area contributed by atoms with Gasteiger partial charge in [0.25, 0.3) is 20.0 Å². The molecule has 1 aromatic heterocycles. The third-order valence-electron chi connectivity index (χ3n) is 3.79. The highest BCUT2D eigenvalue weighted by atomic mass is 35.5. The second-order valence-electron chi connectivity index (χ2n) is 6.07. The molecule has 0 radical (unpaired) electrons. The van der Waals surface area contributed by atoms with Gasteiger partial charge in [-0.3, -0.25) is 9.44 Å². The van der Waals surface area contributed by atoms with Gasteiger partial charge in [-0.2, -0.15) is 0 Å². The predicted molar refractivity (Wildman–Crippen MR) is 113 cm³/mol. The molecule has 3 aromatic rings. The Morgan fingerprint density at radius 2 is 1.50 bits per heavy atom. The van der Waals surface area contributed by atoms with E-state index in [-0.39, 0.29) is 14.8 Å². The van der Waals surface area contributed by atoms with E-state index in [1.807, 2.05) is 6.92 Å². The molecule has 0 aliphatic carbocycles. The summed E-state index contributed by atoms with van der Waals surface area (Å²) < 4.78 is 55.7. The summed E-state index contributed by atoms with van der Waals surface area (Å²) >= 11 is 7.03. The summed E-state index contributed by atoms with van der Waals surface area (Å²) in [6, 6.07) is 13.9. The number of nitrogens with one attached hydrogen (secondary N) is 2. The second kappa shape index (κ2) is 7.75. The van der Waals surface area contributed by atoms with E-state index in [2.05, 4.69) is 9.44 Å². The highest BCUT2D eigenvalue weighted by Gasteiger charge is 2.21. The van der Waals surface area contributed by atoms with Crippen LogP contribution in [0.15, 0.2) is 63.7 Å². The number of hydrogen-bond acceptors (Lipinski definition) is 5. The van der Waals surface area contributed by atoms with Crippen LogP contribution in [0.25, 0.3) is 0 Å². The Morgan fingerprint density at radius 3 is 2.14 bits per heavy atom. The van der Waals surface area contributed by atoms with Crippen LogP contribution in [0.1, 0.15) is 10.4 Å². The first-order valence-corrected chi connectivity index (χ1v) is 12.2. The average molecular weight is 457 g/mol. The maximum absolute atomic E-state index is 12.8. The van der Waals surface area contributed by atoms with Gasteiger partial charge in [0.05, 0.1) is 16.3 Å². The normalized spacial score (nSPS) is 12.0. The zero-order chi connectivity index (χ0) is 20.5. The molecule has 0 aliphatic heterocycles. The van der Waals surface area contributed by atoms with E-state index in [1.165, 1.54) is 24.3 Å². The first-order valence-electron chi connectivity index (χ1n) is 8.05. The number of benzene rings is 2. The zero-order valence-corrected chi connectivity index (χ0v) is 18.1. The highest BCUT2D eigenvalue weighted by molar-refractivity contribution is 7.94. The van der Waals surface area contributed by atoms with Crippen molar-refractivity contribution >= 4 is 54.4 Å². The van der Waals surface area contributed by atoms with E-state index >= 15 is 0 Å². The molecule has 0 bridgehead atoms. The maximum atomic E-state index is 12.8. The van der Waals surface area contributed by atoms with E-state index in [4.69, 9.17) is 11.6 Å². The fraction of sp³-hybridized carbons (Fsp3) is 0.111. The molecular weight excluding hydrogens is 440 g/mol. The summed E-state index contributed by atoms with van der Waals surface area (Å²) in [5, 5.41) is 0.393. The van der Waals surface area contributed by atoms with Crippen molar-refractivity contribution in [3.8, 4) is 0 Å². The lowest BCUT2D eigenvalue weighted by Crippen LogP contribution is -2.16. The molecule has 1 heterocycles. The summed E-state index contributed by atoms with van der Waals surface area (Å²) in [4.78, 5) is 0.827. The molecule has 2 N–H and O–H groups in total. The quantitative estimate of drug-likeness (QED) is 0.566. The Hall–Kier alpha value is -2.07. The largest absolute Gasteiger partial charge is 0.280 e. The Morgan fingerprint density at radius 1 is 0.821 bits per heavy atom. The van der Waals surface area contributed by atoms with E-state index in [0.29, 0.717) is 16.3 Å². The van der Waals surface area contributed by atoms with Crippen LogP contribution in [0.5, 0.6) is 0 Å². The molecule has 0 unspecified atom stereocenters. The van der Waals surface area contributed by atoms with Gasteiger partial charge in [-0.05, 0) is 61.9 Å². The lowest BCUT2D eigenvalue weighted by atomic mass is 10.2. The number of halogens is 1. The van der Waals surface area contributed by atoms with Crippen LogP contribution in [0.3, 0.4) is 0 Å². The minimum absolute atomic E-state index is 0.0324. The number of sulfonamides is 2. The smallest absolute Gasteiger partial charge is 0.271 e. The van der Waals surface area contributed by atoms with Gasteiger partial charge < -0.3 is 0 Å². The average Bonchev–Trinajstić information content (AvgIpc) is 3.03. The molecular formula is C18H17ClN2O4S3. The van der Waals surface area contributed by atoms with Crippen LogP contribution >= 0.6 is 22.9 Å². The minimum atomic E-state index is -3.94. The Kier molecular flexibility index (Phi) is 5.72. The first kappa shape index (κ1) is 20.7. The Labute approximate surface area is 173 Å². The van der Waals surface area contributed by atoms with Crippen molar-refractivity contribution in [1.29, 1.82) is 0 Å². The van der Waals surface area contributed by atoms with Crippen LogP contribution in [0.2, 0.25) is 5.02 Å². The molecule has 0 saturated heterocycles. The van der Waals surface area contributed by atoms with E-state index in [9.17, 15) is 16.8 Å². The van der Waals surface area contributed by atoms with Crippen molar-refractivity contribution in [3.05, 3.63) is 70.1 Å². The summed E-state index contributed by atoms with van der Waals surface area (Å²) in [5.41, 5.74) is 0.944. The molecule has 3 rings (SSSR count). The molecule has 0 atom stereocenters. The molecule has 0 saturated carbocycles. The van der Waals surface area contributed by atoms with Gasteiger partial charge in [0.2, 0.25) is 0 Å². The van der Waals surface area contributed by atoms with Gasteiger partial charge in [-0.1, -0.05) is 23.7 Å². The summed E-state index contributed by atoms with van der Waals surface area (Å²) in [7, 11) is -7.74. The van der Waals surface area contributed by atoms with Gasteiger partial charge >= 0.3 is 0 Å². The molecule has 0 amide bonds. The molecule has 0 spiro atoms. The number of thiophene rings is 1. The molecule has 2 aromatic carbocycles. The van der Waals surface area contributed by atoms with Crippen LogP contribution < -0.4 is 9.44 Å². The van der Waals surface area contributed by atoms with Gasteiger partial charge in [0, 0.05) is 9.90 Å².